The lowest BCUT2D eigenvalue weighted by Crippen LogP contribution is -2.29. The predicted molar refractivity (Wildman–Crippen MR) is 112 cm³/mol. The topological polar surface area (TPSA) is 50.5 Å². The van der Waals surface area contributed by atoms with Crippen LogP contribution in [0.15, 0.2) is 82.0 Å². The lowest BCUT2D eigenvalue weighted by molar-refractivity contribution is 0.0714. The van der Waals surface area contributed by atoms with Gasteiger partial charge in [0.25, 0.3) is 5.91 Å². The van der Waals surface area contributed by atoms with Crippen molar-refractivity contribution in [3.05, 3.63) is 116 Å². The molecule has 1 amide bonds. The number of halogens is 2. The van der Waals surface area contributed by atoms with Gasteiger partial charge < -0.3 is 9.32 Å². The summed E-state index contributed by atoms with van der Waals surface area (Å²) in [5, 5.41) is 0.640. The maximum Gasteiger partial charge on any atom is 0.291 e. The Morgan fingerprint density at radius 1 is 0.967 bits per heavy atom. The SMILES string of the molecule is O=C1c2oc3ccc(F)cc3c(=O)c2C(c2ccccc2)N1Cc1ccccc1Cl. The third-order valence-electron chi connectivity index (χ3n) is 5.34. The minimum Gasteiger partial charge on any atom is -0.450 e. The van der Waals surface area contributed by atoms with Crippen LogP contribution in [0.5, 0.6) is 0 Å². The van der Waals surface area contributed by atoms with Crippen LogP contribution in [0.1, 0.15) is 33.3 Å². The summed E-state index contributed by atoms with van der Waals surface area (Å²) >= 11 is 6.32. The Morgan fingerprint density at radius 3 is 2.47 bits per heavy atom. The Kier molecular flexibility index (Phi) is 4.40. The highest BCUT2D eigenvalue weighted by molar-refractivity contribution is 6.31. The summed E-state index contributed by atoms with van der Waals surface area (Å²) < 4.78 is 19.6. The zero-order valence-corrected chi connectivity index (χ0v) is 16.4. The van der Waals surface area contributed by atoms with E-state index in [0.717, 1.165) is 17.2 Å². The van der Waals surface area contributed by atoms with Crippen molar-refractivity contribution in [3.8, 4) is 0 Å². The second-order valence-corrected chi connectivity index (χ2v) is 7.56. The molecule has 0 radical (unpaired) electrons. The first-order valence-electron chi connectivity index (χ1n) is 9.40. The summed E-state index contributed by atoms with van der Waals surface area (Å²) in [6.45, 7) is 0.201. The number of rotatable bonds is 3. The van der Waals surface area contributed by atoms with E-state index in [4.69, 9.17) is 16.0 Å². The summed E-state index contributed by atoms with van der Waals surface area (Å²) in [4.78, 5) is 28.2. The highest BCUT2D eigenvalue weighted by atomic mass is 35.5. The number of benzene rings is 3. The third kappa shape index (κ3) is 2.90. The highest BCUT2D eigenvalue weighted by Crippen LogP contribution is 2.39. The number of nitrogens with zero attached hydrogens (tertiary/aromatic N) is 1. The Balaban J connectivity index is 1.74. The first-order valence-corrected chi connectivity index (χ1v) is 9.78. The molecular formula is C24H15ClFNO3. The van der Waals surface area contributed by atoms with E-state index in [-0.39, 0.29) is 28.8 Å². The van der Waals surface area contributed by atoms with Crippen LogP contribution in [-0.4, -0.2) is 10.8 Å². The van der Waals surface area contributed by atoms with Gasteiger partial charge in [-0.05, 0) is 35.4 Å². The molecular weight excluding hydrogens is 405 g/mol. The minimum absolute atomic E-state index is 0.0139. The monoisotopic (exact) mass is 419 g/mol. The standard InChI is InChI=1S/C24H15ClFNO3/c25-18-9-5-4-8-15(18)13-27-21(14-6-2-1-3-7-14)20-22(28)17-12-16(26)10-11-19(17)30-23(20)24(27)29/h1-12,21H,13H2. The van der Waals surface area contributed by atoms with Gasteiger partial charge in [0.05, 0.1) is 17.0 Å². The highest BCUT2D eigenvalue weighted by Gasteiger charge is 2.42. The van der Waals surface area contributed by atoms with Crippen LogP contribution in [0.25, 0.3) is 11.0 Å². The zero-order valence-electron chi connectivity index (χ0n) is 15.6. The van der Waals surface area contributed by atoms with Crippen molar-refractivity contribution in [1.29, 1.82) is 0 Å². The Hall–Kier alpha value is -3.44. The molecule has 2 heterocycles. The third-order valence-corrected chi connectivity index (χ3v) is 5.71. The smallest absolute Gasteiger partial charge is 0.291 e. The fraction of sp³-hybridized carbons (Fsp3) is 0.0833. The van der Waals surface area contributed by atoms with Crippen LogP contribution in [0.2, 0.25) is 5.02 Å². The van der Waals surface area contributed by atoms with Crippen LogP contribution in [0, 0.1) is 5.82 Å². The second kappa shape index (κ2) is 7.11. The molecule has 4 nitrogen and oxygen atoms in total. The molecule has 1 aliphatic rings. The number of carbonyl (C=O) groups is 1. The summed E-state index contributed by atoms with van der Waals surface area (Å²) in [5.41, 5.74) is 1.51. The summed E-state index contributed by atoms with van der Waals surface area (Å²) in [6.07, 6.45) is 0. The Bertz CT molecular complexity index is 1350. The van der Waals surface area contributed by atoms with Gasteiger partial charge in [0.2, 0.25) is 5.76 Å². The van der Waals surface area contributed by atoms with Gasteiger partial charge in [-0.1, -0.05) is 60.1 Å². The predicted octanol–water partition coefficient (Wildman–Crippen LogP) is 5.33. The average molecular weight is 420 g/mol. The van der Waals surface area contributed by atoms with Gasteiger partial charge in [-0.15, -0.1) is 0 Å². The lowest BCUT2D eigenvalue weighted by atomic mass is 9.98. The molecule has 0 saturated carbocycles. The molecule has 0 saturated heterocycles. The van der Waals surface area contributed by atoms with E-state index in [0.29, 0.717) is 5.02 Å². The molecule has 1 atom stereocenters. The van der Waals surface area contributed by atoms with Crippen LogP contribution >= 0.6 is 11.6 Å². The van der Waals surface area contributed by atoms with Crippen molar-refractivity contribution in [2.75, 3.05) is 0 Å². The molecule has 30 heavy (non-hydrogen) atoms. The van der Waals surface area contributed by atoms with E-state index in [1.807, 2.05) is 48.5 Å². The van der Waals surface area contributed by atoms with E-state index >= 15 is 0 Å². The van der Waals surface area contributed by atoms with Gasteiger partial charge in [0.1, 0.15) is 11.4 Å². The van der Waals surface area contributed by atoms with E-state index in [2.05, 4.69) is 0 Å². The molecule has 1 aromatic heterocycles. The fourth-order valence-corrected chi connectivity index (χ4v) is 4.14. The lowest BCUT2D eigenvalue weighted by Gasteiger charge is -2.25. The quantitative estimate of drug-likeness (QED) is 0.451. The van der Waals surface area contributed by atoms with Crippen molar-refractivity contribution in [2.24, 2.45) is 0 Å². The van der Waals surface area contributed by atoms with Crippen LogP contribution in [0.4, 0.5) is 4.39 Å². The molecule has 0 fully saturated rings. The number of amides is 1. The molecule has 148 valence electrons. The number of hydrogen-bond acceptors (Lipinski definition) is 3. The zero-order chi connectivity index (χ0) is 20.8. The normalized spacial score (nSPS) is 15.6. The van der Waals surface area contributed by atoms with Gasteiger partial charge in [-0.3, -0.25) is 9.59 Å². The van der Waals surface area contributed by atoms with Crippen LogP contribution < -0.4 is 5.43 Å². The van der Waals surface area contributed by atoms with E-state index in [1.165, 1.54) is 12.1 Å². The Morgan fingerprint density at radius 2 is 1.70 bits per heavy atom. The molecule has 0 aliphatic carbocycles. The summed E-state index contributed by atoms with van der Waals surface area (Å²) in [5.74, 6) is -0.953. The van der Waals surface area contributed by atoms with Crippen molar-refractivity contribution in [1.82, 2.24) is 4.90 Å². The largest absolute Gasteiger partial charge is 0.450 e. The van der Waals surface area contributed by atoms with Gasteiger partial charge in [0, 0.05) is 11.6 Å². The minimum atomic E-state index is -0.658. The van der Waals surface area contributed by atoms with Crippen molar-refractivity contribution in [2.45, 2.75) is 12.6 Å². The van der Waals surface area contributed by atoms with Gasteiger partial charge in [-0.2, -0.15) is 0 Å². The Labute approximate surface area is 176 Å². The van der Waals surface area contributed by atoms with Gasteiger partial charge in [0.15, 0.2) is 5.43 Å². The number of carbonyl (C=O) groups excluding carboxylic acids is 1. The van der Waals surface area contributed by atoms with E-state index in [9.17, 15) is 14.0 Å². The van der Waals surface area contributed by atoms with Gasteiger partial charge in [-0.25, -0.2) is 4.39 Å². The average Bonchev–Trinajstić information content (AvgIpc) is 3.03. The molecule has 0 bridgehead atoms. The molecule has 1 unspecified atom stereocenters. The maximum atomic E-state index is 13.8. The van der Waals surface area contributed by atoms with E-state index in [1.54, 1.807) is 11.0 Å². The first-order chi connectivity index (χ1) is 14.5. The van der Waals surface area contributed by atoms with Crippen molar-refractivity contribution < 1.29 is 13.6 Å². The van der Waals surface area contributed by atoms with Crippen molar-refractivity contribution in [3.63, 3.8) is 0 Å². The second-order valence-electron chi connectivity index (χ2n) is 7.15. The maximum absolute atomic E-state index is 13.8. The summed E-state index contributed by atoms with van der Waals surface area (Å²) in [6, 6.07) is 19.5. The molecule has 1 aliphatic heterocycles. The first kappa shape index (κ1) is 18.6. The molecule has 6 heteroatoms. The number of hydrogen-bond donors (Lipinski definition) is 0. The van der Waals surface area contributed by atoms with Crippen LogP contribution in [-0.2, 0) is 6.54 Å². The van der Waals surface area contributed by atoms with Crippen LogP contribution in [0.3, 0.4) is 0 Å². The molecule has 0 N–H and O–H groups in total. The molecule has 3 aromatic carbocycles. The molecule has 4 aromatic rings. The number of fused-ring (bicyclic) bond motifs is 2. The van der Waals surface area contributed by atoms with Crippen molar-refractivity contribution >= 4 is 28.5 Å². The molecule has 0 spiro atoms. The molecule has 5 rings (SSSR count). The van der Waals surface area contributed by atoms with Gasteiger partial charge >= 0.3 is 0 Å². The summed E-state index contributed by atoms with van der Waals surface area (Å²) in [7, 11) is 0. The fourth-order valence-electron chi connectivity index (χ4n) is 3.95. The van der Waals surface area contributed by atoms with E-state index < -0.39 is 23.2 Å².